The van der Waals surface area contributed by atoms with Crippen LogP contribution in [0.3, 0.4) is 0 Å². The summed E-state index contributed by atoms with van der Waals surface area (Å²) < 4.78 is 5.85. The van der Waals surface area contributed by atoms with Crippen molar-refractivity contribution in [2.75, 3.05) is 19.6 Å². The molecule has 1 saturated heterocycles. The zero-order chi connectivity index (χ0) is 22.1. The lowest BCUT2D eigenvalue weighted by Gasteiger charge is -2.20. The molecule has 0 spiro atoms. The van der Waals surface area contributed by atoms with Crippen LogP contribution in [0.15, 0.2) is 59.6 Å². The number of nitrogens with one attached hydrogen (secondary N) is 2. The molecule has 2 aromatic carbocycles. The average Bonchev–Trinajstić information content (AvgIpc) is 3.25. The van der Waals surface area contributed by atoms with Crippen LogP contribution in [-0.2, 0) is 17.9 Å². The monoisotopic (exact) mass is 422 g/mol. The highest BCUT2D eigenvalue weighted by Gasteiger charge is 2.27. The molecule has 2 N–H and O–H groups in total. The van der Waals surface area contributed by atoms with E-state index in [1.54, 1.807) is 0 Å². The van der Waals surface area contributed by atoms with E-state index in [1.165, 1.54) is 0 Å². The van der Waals surface area contributed by atoms with Gasteiger partial charge in [-0.1, -0.05) is 56.3 Å². The Hall–Kier alpha value is -3.02. The Bertz CT molecular complexity index is 850. The van der Waals surface area contributed by atoms with E-state index in [9.17, 15) is 4.79 Å². The van der Waals surface area contributed by atoms with Gasteiger partial charge in [-0.05, 0) is 36.6 Å². The Morgan fingerprint density at radius 1 is 1.13 bits per heavy atom. The molecule has 1 amide bonds. The standard InChI is InChI=1S/C25H34N4O2/c1-4-26-25(28-22-14-15-29(17-22)24(30)19(2)3)27-16-20-10-12-23(13-11-20)31-18-21-8-6-5-7-9-21/h5-13,19,22H,4,14-18H2,1-3H3,(H2,26,27,28). The molecular weight excluding hydrogens is 388 g/mol. The van der Waals surface area contributed by atoms with Crippen LogP contribution in [-0.4, -0.2) is 42.4 Å². The Morgan fingerprint density at radius 2 is 1.87 bits per heavy atom. The van der Waals surface area contributed by atoms with Crippen molar-refractivity contribution in [2.45, 2.75) is 46.4 Å². The zero-order valence-electron chi connectivity index (χ0n) is 18.8. The highest BCUT2D eigenvalue weighted by atomic mass is 16.5. The minimum Gasteiger partial charge on any atom is -0.489 e. The molecule has 1 aliphatic rings. The third-order valence-corrected chi connectivity index (χ3v) is 5.27. The van der Waals surface area contributed by atoms with Crippen LogP contribution in [0.1, 0.15) is 38.3 Å². The Labute approximate surface area is 185 Å². The molecule has 1 aliphatic heterocycles. The molecule has 0 aromatic heterocycles. The number of benzene rings is 2. The van der Waals surface area contributed by atoms with Crippen molar-refractivity contribution in [2.24, 2.45) is 10.9 Å². The average molecular weight is 423 g/mol. The predicted octanol–water partition coefficient (Wildman–Crippen LogP) is 3.58. The summed E-state index contributed by atoms with van der Waals surface area (Å²) in [5.74, 6) is 1.90. The third-order valence-electron chi connectivity index (χ3n) is 5.27. The van der Waals surface area contributed by atoms with Gasteiger partial charge in [0.2, 0.25) is 5.91 Å². The van der Waals surface area contributed by atoms with Crippen molar-refractivity contribution in [1.29, 1.82) is 0 Å². The first-order valence-corrected chi connectivity index (χ1v) is 11.1. The van der Waals surface area contributed by atoms with E-state index in [1.807, 2.05) is 61.2 Å². The molecule has 0 bridgehead atoms. The number of rotatable bonds is 8. The maximum atomic E-state index is 12.2. The number of likely N-dealkylation sites (tertiary alicyclic amines) is 1. The van der Waals surface area contributed by atoms with Gasteiger partial charge in [0.15, 0.2) is 5.96 Å². The van der Waals surface area contributed by atoms with Crippen LogP contribution in [0.4, 0.5) is 0 Å². The second-order valence-electron chi connectivity index (χ2n) is 8.18. The first-order valence-electron chi connectivity index (χ1n) is 11.1. The van der Waals surface area contributed by atoms with Gasteiger partial charge < -0.3 is 20.3 Å². The van der Waals surface area contributed by atoms with Crippen LogP contribution in [0.5, 0.6) is 5.75 Å². The van der Waals surface area contributed by atoms with Crippen molar-refractivity contribution in [3.8, 4) is 5.75 Å². The van der Waals surface area contributed by atoms with Gasteiger partial charge in [-0.25, -0.2) is 4.99 Å². The molecule has 6 nitrogen and oxygen atoms in total. The van der Waals surface area contributed by atoms with Gasteiger partial charge in [0.25, 0.3) is 0 Å². The van der Waals surface area contributed by atoms with Crippen molar-refractivity contribution in [3.63, 3.8) is 0 Å². The third kappa shape index (κ3) is 7.02. The normalized spacial score (nSPS) is 16.5. The molecule has 1 heterocycles. The summed E-state index contributed by atoms with van der Waals surface area (Å²) >= 11 is 0. The number of ether oxygens (including phenoxy) is 1. The van der Waals surface area contributed by atoms with Crippen molar-refractivity contribution >= 4 is 11.9 Å². The number of hydrogen-bond acceptors (Lipinski definition) is 3. The maximum absolute atomic E-state index is 12.2. The number of guanidine groups is 1. The van der Waals surface area contributed by atoms with E-state index in [-0.39, 0.29) is 17.9 Å². The molecule has 3 rings (SSSR count). The highest BCUT2D eigenvalue weighted by Crippen LogP contribution is 2.15. The van der Waals surface area contributed by atoms with Crippen LogP contribution < -0.4 is 15.4 Å². The molecule has 1 unspecified atom stereocenters. The van der Waals surface area contributed by atoms with Crippen LogP contribution in [0, 0.1) is 5.92 Å². The van der Waals surface area contributed by atoms with Crippen molar-refractivity contribution in [1.82, 2.24) is 15.5 Å². The fourth-order valence-corrected chi connectivity index (χ4v) is 3.56. The number of aliphatic imine (C=N–C) groups is 1. The van der Waals surface area contributed by atoms with E-state index in [2.05, 4.69) is 29.7 Å². The number of nitrogens with zero attached hydrogens (tertiary/aromatic N) is 2. The largest absolute Gasteiger partial charge is 0.489 e. The first kappa shape index (κ1) is 22.7. The number of carbonyl (C=O) groups excluding carboxylic acids is 1. The van der Waals surface area contributed by atoms with Crippen LogP contribution >= 0.6 is 0 Å². The summed E-state index contributed by atoms with van der Waals surface area (Å²) in [5, 5.41) is 6.79. The zero-order valence-corrected chi connectivity index (χ0v) is 18.8. The molecule has 1 fully saturated rings. The molecule has 6 heteroatoms. The van der Waals surface area contributed by atoms with E-state index >= 15 is 0 Å². The van der Waals surface area contributed by atoms with Gasteiger partial charge in [-0.15, -0.1) is 0 Å². The van der Waals surface area contributed by atoms with Gasteiger partial charge in [0.1, 0.15) is 12.4 Å². The lowest BCUT2D eigenvalue weighted by molar-refractivity contribution is -0.133. The van der Waals surface area contributed by atoms with E-state index in [4.69, 9.17) is 9.73 Å². The lowest BCUT2D eigenvalue weighted by Crippen LogP contribution is -2.45. The van der Waals surface area contributed by atoms with Gasteiger partial charge in [0, 0.05) is 31.6 Å². The summed E-state index contributed by atoms with van der Waals surface area (Å²) in [6, 6.07) is 18.4. The molecule has 166 valence electrons. The van der Waals surface area contributed by atoms with Gasteiger partial charge in [-0.3, -0.25) is 4.79 Å². The molecular formula is C25H34N4O2. The molecule has 1 atom stereocenters. The van der Waals surface area contributed by atoms with E-state index in [0.717, 1.165) is 48.9 Å². The smallest absolute Gasteiger partial charge is 0.225 e. The summed E-state index contributed by atoms with van der Waals surface area (Å²) in [5.41, 5.74) is 2.27. The molecule has 0 saturated carbocycles. The fraction of sp³-hybridized carbons (Fsp3) is 0.440. The topological polar surface area (TPSA) is 66.0 Å². The van der Waals surface area contributed by atoms with Gasteiger partial charge in [0.05, 0.1) is 6.54 Å². The van der Waals surface area contributed by atoms with E-state index in [0.29, 0.717) is 13.2 Å². The van der Waals surface area contributed by atoms with E-state index < -0.39 is 0 Å². The Kier molecular flexibility index (Phi) is 8.33. The first-order chi connectivity index (χ1) is 15.0. The molecule has 0 aliphatic carbocycles. The van der Waals surface area contributed by atoms with Gasteiger partial charge >= 0.3 is 0 Å². The highest BCUT2D eigenvalue weighted by molar-refractivity contribution is 5.81. The summed E-state index contributed by atoms with van der Waals surface area (Å²) in [6.07, 6.45) is 0.941. The minimum atomic E-state index is 0.0419. The van der Waals surface area contributed by atoms with Gasteiger partial charge in [-0.2, -0.15) is 0 Å². The number of carbonyl (C=O) groups is 1. The second kappa shape index (κ2) is 11.4. The summed E-state index contributed by atoms with van der Waals surface area (Å²) in [6.45, 7) is 9.42. The van der Waals surface area contributed by atoms with Crippen LogP contribution in [0.25, 0.3) is 0 Å². The molecule has 2 aromatic rings. The Morgan fingerprint density at radius 3 is 2.55 bits per heavy atom. The number of amides is 1. The van der Waals surface area contributed by atoms with Crippen LogP contribution in [0.2, 0.25) is 0 Å². The lowest BCUT2D eigenvalue weighted by atomic mass is 10.2. The van der Waals surface area contributed by atoms with Crippen molar-refractivity contribution in [3.05, 3.63) is 65.7 Å². The second-order valence-corrected chi connectivity index (χ2v) is 8.18. The molecule has 0 radical (unpaired) electrons. The van der Waals surface area contributed by atoms with Crippen molar-refractivity contribution < 1.29 is 9.53 Å². The summed E-state index contributed by atoms with van der Waals surface area (Å²) in [4.78, 5) is 18.9. The fourth-order valence-electron chi connectivity index (χ4n) is 3.56. The summed E-state index contributed by atoms with van der Waals surface area (Å²) in [7, 11) is 0. The minimum absolute atomic E-state index is 0.0419. The maximum Gasteiger partial charge on any atom is 0.225 e. The Balaban J connectivity index is 1.51. The molecule has 31 heavy (non-hydrogen) atoms. The number of hydrogen-bond donors (Lipinski definition) is 2. The quantitative estimate of drug-likeness (QED) is 0.504. The SMILES string of the molecule is CCNC(=NCc1ccc(OCc2ccccc2)cc1)NC1CCN(C(=O)C(C)C)C1. The predicted molar refractivity (Wildman–Crippen MR) is 125 cm³/mol.